The molecule has 4 heteroatoms. The summed E-state index contributed by atoms with van der Waals surface area (Å²) < 4.78 is 0. The molecule has 0 amide bonds. The third-order valence-corrected chi connectivity index (χ3v) is 2.93. The van der Waals surface area contributed by atoms with Crippen LogP contribution in [0.25, 0.3) is 10.4 Å². The van der Waals surface area contributed by atoms with E-state index >= 15 is 0 Å². The maximum absolute atomic E-state index is 8.90. The quantitative estimate of drug-likeness (QED) is 0.735. The second-order valence-electron chi connectivity index (χ2n) is 2.97. The van der Waals surface area contributed by atoms with Crippen molar-refractivity contribution in [1.82, 2.24) is 0 Å². The summed E-state index contributed by atoms with van der Waals surface area (Å²) in [5.74, 6) is 0. The Morgan fingerprint density at radius 2 is 1.79 bits per heavy atom. The van der Waals surface area contributed by atoms with Crippen molar-refractivity contribution in [2.24, 2.45) is 0 Å². The second-order valence-corrected chi connectivity index (χ2v) is 3.92. The van der Waals surface area contributed by atoms with Gasteiger partial charge in [0.15, 0.2) is 0 Å². The Bertz CT molecular complexity index is 403. The van der Waals surface area contributed by atoms with Gasteiger partial charge < -0.3 is 10.0 Å². The van der Waals surface area contributed by atoms with E-state index in [1.165, 1.54) is 4.88 Å². The van der Waals surface area contributed by atoms with Gasteiger partial charge in [-0.2, -0.15) is 0 Å². The third kappa shape index (κ3) is 1.87. The molecule has 0 saturated heterocycles. The van der Waals surface area contributed by atoms with E-state index in [1.807, 2.05) is 29.6 Å². The number of benzene rings is 1. The highest BCUT2D eigenvalue weighted by Gasteiger charge is 2.09. The molecule has 14 heavy (non-hydrogen) atoms. The lowest BCUT2D eigenvalue weighted by atomic mass is 9.80. The van der Waals surface area contributed by atoms with Gasteiger partial charge in [-0.1, -0.05) is 30.3 Å². The zero-order chi connectivity index (χ0) is 9.97. The van der Waals surface area contributed by atoms with Gasteiger partial charge in [-0.15, -0.1) is 11.3 Å². The number of thiophene rings is 1. The molecule has 74 valence electrons. The Morgan fingerprint density at radius 3 is 2.29 bits per heavy atom. The Morgan fingerprint density at radius 1 is 1.07 bits per heavy atom. The highest BCUT2D eigenvalue weighted by atomic mass is 32.1. The van der Waals surface area contributed by atoms with E-state index in [1.54, 1.807) is 23.5 Å². The molecule has 2 nitrogen and oxygen atoms in total. The first-order chi connectivity index (χ1) is 6.77. The molecular formula is C10H13BO2S. The highest BCUT2D eigenvalue weighted by molar-refractivity contribution is 7.13. The fourth-order valence-electron chi connectivity index (χ4n) is 1.26. The molecule has 2 rings (SSSR count). The van der Waals surface area contributed by atoms with Crippen molar-refractivity contribution in [1.29, 1.82) is 0 Å². The molecule has 0 aliphatic heterocycles. The van der Waals surface area contributed by atoms with Crippen molar-refractivity contribution in [2.45, 2.75) is 0 Å². The molecule has 0 aliphatic carbocycles. The summed E-state index contributed by atoms with van der Waals surface area (Å²) in [5.41, 5.74) is 1.62. The minimum Gasteiger partial charge on any atom is -0.423 e. The van der Waals surface area contributed by atoms with Crippen LogP contribution >= 0.6 is 11.3 Å². The number of rotatable bonds is 2. The smallest absolute Gasteiger partial charge is 0.423 e. The normalized spacial score (nSPS) is 10.1. The minimum atomic E-state index is -1.38. The maximum atomic E-state index is 8.90. The minimum absolute atomic E-state index is 0. The molecule has 0 unspecified atom stereocenters. The van der Waals surface area contributed by atoms with Crippen LogP contribution in [0.1, 0.15) is 2.85 Å². The van der Waals surface area contributed by atoms with Gasteiger partial charge in [0, 0.05) is 7.73 Å². The maximum Gasteiger partial charge on any atom is 0.488 e. The van der Waals surface area contributed by atoms with Crippen LogP contribution in [-0.4, -0.2) is 17.2 Å². The fraction of sp³-hybridized carbons (Fsp3) is 0. The van der Waals surface area contributed by atoms with Crippen molar-refractivity contribution < 1.29 is 12.9 Å². The SMILES string of the molecule is OB(O)c1ccc(-c2cccs2)cc1.[HH].[HH]. The van der Waals surface area contributed by atoms with Gasteiger partial charge >= 0.3 is 7.12 Å². The average Bonchev–Trinajstić information content (AvgIpc) is 2.71. The van der Waals surface area contributed by atoms with Crippen LogP contribution in [-0.2, 0) is 0 Å². The molecule has 0 aliphatic rings. The van der Waals surface area contributed by atoms with Gasteiger partial charge in [0.25, 0.3) is 0 Å². The Labute approximate surface area is 89.6 Å². The van der Waals surface area contributed by atoms with Gasteiger partial charge in [-0.25, -0.2) is 0 Å². The third-order valence-electron chi connectivity index (χ3n) is 2.01. The Hall–Kier alpha value is -1.10. The Balaban J connectivity index is 0.00000112. The molecular weight excluding hydrogens is 195 g/mol. The van der Waals surface area contributed by atoms with Crippen molar-refractivity contribution in [3.8, 4) is 10.4 Å². The molecule has 2 aromatic rings. The standard InChI is InChI=1S/C10H9BO2S.2H2/c12-11(13)9-5-3-8(4-6-9)10-2-1-7-14-10;;/h1-7,12-13H;2*1H. The molecule has 0 spiro atoms. The number of hydrogen-bond donors (Lipinski definition) is 2. The first-order valence-corrected chi connectivity index (χ1v) is 5.15. The van der Waals surface area contributed by atoms with E-state index in [0.717, 1.165) is 5.56 Å². The van der Waals surface area contributed by atoms with Crippen LogP contribution in [0.4, 0.5) is 0 Å². The lowest BCUT2D eigenvalue weighted by Gasteiger charge is -2.00. The lowest BCUT2D eigenvalue weighted by Crippen LogP contribution is -2.29. The van der Waals surface area contributed by atoms with Gasteiger partial charge in [0.05, 0.1) is 0 Å². The molecule has 1 heterocycles. The molecule has 2 N–H and O–H groups in total. The van der Waals surface area contributed by atoms with E-state index < -0.39 is 7.12 Å². The van der Waals surface area contributed by atoms with E-state index in [4.69, 9.17) is 10.0 Å². The predicted octanol–water partition coefficient (Wildman–Crippen LogP) is 1.59. The molecule has 1 aromatic carbocycles. The molecule has 0 saturated carbocycles. The summed E-state index contributed by atoms with van der Waals surface area (Å²) in [6.45, 7) is 0. The van der Waals surface area contributed by atoms with E-state index in [-0.39, 0.29) is 2.85 Å². The zero-order valence-electron chi connectivity index (χ0n) is 7.42. The van der Waals surface area contributed by atoms with Crippen molar-refractivity contribution in [3.63, 3.8) is 0 Å². The van der Waals surface area contributed by atoms with Crippen molar-refractivity contribution in [2.75, 3.05) is 0 Å². The highest BCUT2D eigenvalue weighted by Crippen LogP contribution is 2.23. The van der Waals surface area contributed by atoms with E-state index in [2.05, 4.69) is 0 Å². The van der Waals surface area contributed by atoms with Gasteiger partial charge in [0.1, 0.15) is 0 Å². The van der Waals surface area contributed by atoms with Gasteiger partial charge in [0.2, 0.25) is 0 Å². The molecule has 0 bridgehead atoms. The average molecular weight is 208 g/mol. The zero-order valence-corrected chi connectivity index (χ0v) is 8.24. The van der Waals surface area contributed by atoms with Crippen LogP contribution < -0.4 is 5.46 Å². The summed E-state index contributed by atoms with van der Waals surface area (Å²) in [6.07, 6.45) is 0. The summed E-state index contributed by atoms with van der Waals surface area (Å²) >= 11 is 1.67. The van der Waals surface area contributed by atoms with Crippen LogP contribution in [0.5, 0.6) is 0 Å². The fourth-order valence-corrected chi connectivity index (χ4v) is 2.00. The first kappa shape index (κ1) is 9.46. The lowest BCUT2D eigenvalue weighted by molar-refractivity contribution is 0.426. The van der Waals surface area contributed by atoms with Crippen molar-refractivity contribution >= 4 is 23.9 Å². The number of hydrogen-bond acceptors (Lipinski definition) is 3. The van der Waals surface area contributed by atoms with E-state index in [0.29, 0.717) is 5.46 Å². The van der Waals surface area contributed by atoms with Crippen molar-refractivity contribution in [3.05, 3.63) is 41.8 Å². The monoisotopic (exact) mass is 208 g/mol. The Kier molecular flexibility index (Phi) is 2.68. The topological polar surface area (TPSA) is 40.5 Å². The second kappa shape index (κ2) is 3.96. The van der Waals surface area contributed by atoms with E-state index in [9.17, 15) is 0 Å². The largest absolute Gasteiger partial charge is 0.488 e. The summed E-state index contributed by atoms with van der Waals surface area (Å²) in [6, 6.07) is 11.3. The predicted molar refractivity (Wildman–Crippen MR) is 63.8 cm³/mol. The first-order valence-electron chi connectivity index (χ1n) is 4.27. The van der Waals surface area contributed by atoms with Gasteiger partial charge in [-0.05, 0) is 22.5 Å². The molecule has 0 atom stereocenters. The molecule has 1 aromatic heterocycles. The van der Waals surface area contributed by atoms with Gasteiger partial charge in [-0.3, -0.25) is 0 Å². The van der Waals surface area contributed by atoms with Crippen LogP contribution in [0, 0.1) is 0 Å². The van der Waals surface area contributed by atoms with Crippen LogP contribution in [0.15, 0.2) is 41.8 Å². The molecule has 0 radical (unpaired) electrons. The summed E-state index contributed by atoms with van der Waals surface area (Å²) in [5, 5.41) is 19.8. The summed E-state index contributed by atoms with van der Waals surface area (Å²) in [4.78, 5) is 1.18. The van der Waals surface area contributed by atoms with Crippen LogP contribution in [0.2, 0.25) is 0 Å². The van der Waals surface area contributed by atoms with Crippen LogP contribution in [0.3, 0.4) is 0 Å². The molecule has 0 fully saturated rings. The summed E-state index contributed by atoms with van der Waals surface area (Å²) in [7, 11) is -1.38.